The van der Waals surface area contributed by atoms with E-state index in [-0.39, 0.29) is 29.8 Å². The van der Waals surface area contributed by atoms with Gasteiger partial charge in [0, 0.05) is 39.3 Å². The van der Waals surface area contributed by atoms with Crippen LogP contribution in [0.4, 0.5) is 4.39 Å². The molecule has 0 spiro atoms. The Hall–Kier alpha value is -2.27. The van der Waals surface area contributed by atoms with Gasteiger partial charge >= 0.3 is 0 Å². The molecule has 0 aliphatic carbocycles. The average molecular weight is 572 g/mol. The van der Waals surface area contributed by atoms with E-state index in [9.17, 15) is 4.39 Å². The van der Waals surface area contributed by atoms with Crippen molar-refractivity contribution in [2.45, 2.75) is 20.0 Å². The molecule has 1 saturated heterocycles. The van der Waals surface area contributed by atoms with Crippen LogP contribution in [0, 0.1) is 5.82 Å². The third-order valence-corrected chi connectivity index (χ3v) is 5.44. The predicted molar refractivity (Wildman–Crippen MR) is 140 cm³/mol. The molecule has 2 aromatic rings. The summed E-state index contributed by atoms with van der Waals surface area (Å²) in [7, 11) is 4.87. The van der Waals surface area contributed by atoms with Crippen molar-refractivity contribution in [1.82, 2.24) is 15.1 Å². The second kappa shape index (κ2) is 13.4. The lowest BCUT2D eigenvalue weighted by molar-refractivity contribution is 0.172. The second-order valence-electron chi connectivity index (χ2n) is 7.60. The first kappa shape index (κ1) is 27.0. The van der Waals surface area contributed by atoms with Crippen molar-refractivity contribution < 1.29 is 18.6 Å². The standard InChI is InChI=1S/C24H33FN4O3.HI/c1-5-26-24(27-16-18-7-6-8-20(25)13-18)29-11-9-28(10-12-29)17-19-14-21(30-2)23(32-4)22(15-19)31-3;/h6-8,13-15H,5,9-12,16-17H2,1-4H3,(H,26,27);1H. The van der Waals surface area contributed by atoms with Crippen LogP contribution >= 0.6 is 24.0 Å². The lowest BCUT2D eigenvalue weighted by Crippen LogP contribution is -2.52. The van der Waals surface area contributed by atoms with Gasteiger partial charge in [0.25, 0.3) is 0 Å². The number of hydrogen-bond donors (Lipinski definition) is 1. The zero-order valence-electron chi connectivity index (χ0n) is 19.8. The molecule has 1 fully saturated rings. The maximum Gasteiger partial charge on any atom is 0.203 e. The lowest BCUT2D eigenvalue weighted by Gasteiger charge is -2.36. The molecule has 7 nitrogen and oxygen atoms in total. The van der Waals surface area contributed by atoms with Crippen LogP contribution in [0.15, 0.2) is 41.4 Å². The largest absolute Gasteiger partial charge is 0.493 e. The highest BCUT2D eigenvalue weighted by atomic mass is 127. The summed E-state index contributed by atoms with van der Waals surface area (Å²) in [5.74, 6) is 2.57. The molecule has 1 heterocycles. The van der Waals surface area contributed by atoms with Gasteiger partial charge in [-0.15, -0.1) is 24.0 Å². The van der Waals surface area contributed by atoms with Crippen LogP contribution in [-0.4, -0.2) is 69.8 Å². The van der Waals surface area contributed by atoms with E-state index in [0.717, 1.165) is 56.4 Å². The monoisotopic (exact) mass is 572 g/mol. The molecule has 1 aliphatic heterocycles. The van der Waals surface area contributed by atoms with Gasteiger partial charge in [-0.25, -0.2) is 9.38 Å². The molecule has 1 aliphatic rings. The van der Waals surface area contributed by atoms with Crippen molar-refractivity contribution in [1.29, 1.82) is 0 Å². The summed E-state index contributed by atoms with van der Waals surface area (Å²) < 4.78 is 29.8. The van der Waals surface area contributed by atoms with Gasteiger partial charge in [-0.05, 0) is 42.3 Å². The smallest absolute Gasteiger partial charge is 0.203 e. The van der Waals surface area contributed by atoms with Crippen LogP contribution in [0.25, 0.3) is 0 Å². The first-order chi connectivity index (χ1) is 15.6. The summed E-state index contributed by atoms with van der Waals surface area (Å²) in [4.78, 5) is 9.38. The minimum absolute atomic E-state index is 0. The molecule has 2 aromatic carbocycles. The second-order valence-corrected chi connectivity index (χ2v) is 7.60. The number of rotatable bonds is 8. The van der Waals surface area contributed by atoms with E-state index in [1.165, 1.54) is 12.1 Å². The van der Waals surface area contributed by atoms with Gasteiger partial charge in [0.2, 0.25) is 5.75 Å². The summed E-state index contributed by atoms with van der Waals surface area (Å²) in [6.45, 7) is 7.61. The Morgan fingerprint density at radius 1 is 0.970 bits per heavy atom. The molecular weight excluding hydrogens is 538 g/mol. The molecule has 0 unspecified atom stereocenters. The molecule has 0 aromatic heterocycles. The zero-order chi connectivity index (χ0) is 22.9. The van der Waals surface area contributed by atoms with Crippen LogP contribution in [0.2, 0.25) is 0 Å². The van der Waals surface area contributed by atoms with Gasteiger partial charge < -0.3 is 24.4 Å². The molecule has 0 bridgehead atoms. The highest BCUT2D eigenvalue weighted by Gasteiger charge is 2.21. The SMILES string of the molecule is CCNC(=NCc1cccc(F)c1)N1CCN(Cc2cc(OC)c(OC)c(OC)c2)CC1.I. The third-order valence-electron chi connectivity index (χ3n) is 5.44. The van der Waals surface area contributed by atoms with Gasteiger partial charge in [0.05, 0.1) is 27.9 Å². The van der Waals surface area contributed by atoms with Crippen molar-refractivity contribution in [2.75, 3.05) is 54.1 Å². The number of guanidine groups is 1. The summed E-state index contributed by atoms with van der Waals surface area (Å²) in [5, 5.41) is 3.36. The Morgan fingerprint density at radius 3 is 2.18 bits per heavy atom. The van der Waals surface area contributed by atoms with Crippen molar-refractivity contribution >= 4 is 29.9 Å². The number of aliphatic imine (C=N–C) groups is 1. The van der Waals surface area contributed by atoms with Crippen LogP contribution < -0.4 is 19.5 Å². The summed E-state index contributed by atoms with van der Waals surface area (Å²) >= 11 is 0. The minimum atomic E-state index is -0.233. The quantitative estimate of drug-likeness (QED) is 0.296. The van der Waals surface area contributed by atoms with Crippen LogP contribution in [0.3, 0.4) is 0 Å². The van der Waals surface area contributed by atoms with Gasteiger partial charge in [-0.2, -0.15) is 0 Å². The van der Waals surface area contributed by atoms with Gasteiger partial charge in [0.15, 0.2) is 17.5 Å². The lowest BCUT2D eigenvalue weighted by atomic mass is 10.1. The molecule has 0 radical (unpaired) electrons. The number of nitrogens with zero attached hydrogens (tertiary/aromatic N) is 3. The fourth-order valence-electron chi connectivity index (χ4n) is 3.83. The predicted octanol–water partition coefficient (Wildman–Crippen LogP) is 3.75. The molecular formula is C24H34FIN4O3. The number of benzene rings is 2. The van der Waals surface area contributed by atoms with E-state index < -0.39 is 0 Å². The van der Waals surface area contributed by atoms with Gasteiger partial charge in [-0.3, -0.25) is 4.90 Å². The Morgan fingerprint density at radius 2 is 1.64 bits per heavy atom. The van der Waals surface area contributed by atoms with E-state index >= 15 is 0 Å². The number of nitrogens with one attached hydrogen (secondary N) is 1. The normalized spacial score (nSPS) is 14.5. The van der Waals surface area contributed by atoms with Crippen molar-refractivity contribution in [3.63, 3.8) is 0 Å². The zero-order valence-corrected chi connectivity index (χ0v) is 22.1. The average Bonchev–Trinajstić information content (AvgIpc) is 2.81. The van der Waals surface area contributed by atoms with Crippen molar-refractivity contribution in [2.24, 2.45) is 4.99 Å². The molecule has 33 heavy (non-hydrogen) atoms. The van der Waals surface area contributed by atoms with E-state index in [2.05, 4.69) is 22.0 Å². The third kappa shape index (κ3) is 7.36. The van der Waals surface area contributed by atoms with Crippen LogP contribution in [0.1, 0.15) is 18.1 Å². The van der Waals surface area contributed by atoms with Crippen LogP contribution in [-0.2, 0) is 13.1 Å². The number of methoxy groups -OCH3 is 3. The van der Waals surface area contributed by atoms with E-state index in [4.69, 9.17) is 19.2 Å². The van der Waals surface area contributed by atoms with E-state index in [1.807, 2.05) is 18.2 Å². The molecule has 0 atom stereocenters. The highest BCUT2D eigenvalue weighted by molar-refractivity contribution is 14.0. The number of halogens is 2. The van der Waals surface area contributed by atoms with E-state index in [0.29, 0.717) is 23.8 Å². The van der Waals surface area contributed by atoms with Crippen molar-refractivity contribution in [3.8, 4) is 17.2 Å². The first-order valence-electron chi connectivity index (χ1n) is 10.9. The van der Waals surface area contributed by atoms with E-state index in [1.54, 1.807) is 27.4 Å². The summed E-state index contributed by atoms with van der Waals surface area (Å²) in [6, 6.07) is 10.6. The maximum atomic E-state index is 13.5. The Kier molecular flexibility index (Phi) is 11.0. The summed E-state index contributed by atoms with van der Waals surface area (Å²) in [6.07, 6.45) is 0. The Balaban J connectivity index is 0.00000385. The van der Waals surface area contributed by atoms with Crippen LogP contribution in [0.5, 0.6) is 17.2 Å². The van der Waals surface area contributed by atoms with Gasteiger partial charge in [0.1, 0.15) is 5.82 Å². The number of hydrogen-bond acceptors (Lipinski definition) is 5. The Bertz CT molecular complexity index is 895. The molecule has 3 rings (SSSR count). The molecule has 0 amide bonds. The molecule has 0 saturated carbocycles. The molecule has 9 heteroatoms. The van der Waals surface area contributed by atoms with Crippen molar-refractivity contribution in [3.05, 3.63) is 53.3 Å². The molecule has 182 valence electrons. The fourth-order valence-corrected chi connectivity index (χ4v) is 3.83. The summed E-state index contributed by atoms with van der Waals surface area (Å²) in [5.41, 5.74) is 1.97. The number of piperazine rings is 1. The highest BCUT2D eigenvalue weighted by Crippen LogP contribution is 2.38. The fraction of sp³-hybridized carbons (Fsp3) is 0.458. The minimum Gasteiger partial charge on any atom is -0.493 e. The molecule has 1 N–H and O–H groups in total. The number of ether oxygens (including phenoxy) is 3. The van der Waals surface area contributed by atoms with Gasteiger partial charge in [-0.1, -0.05) is 12.1 Å². The maximum absolute atomic E-state index is 13.5. The Labute approximate surface area is 212 Å². The first-order valence-corrected chi connectivity index (χ1v) is 10.9. The topological polar surface area (TPSA) is 58.6 Å².